The molecule has 1 aliphatic heterocycles. The van der Waals surface area contributed by atoms with Gasteiger partial charge in [0, 0.05) is 24.8 Å². The summed E-state index contributed by atoms with van der Waals surface area (Å²) in [5, 5.41) is 19.7. The Bertz CT molecular complexity index is 532. The summed E-state index contributed by atoms with van der Waals surface area (Å²) in [7, 11) is 0. The maximum Gasteiger partial charge on any atom is 0.287 e. The Labute approximate surface area is 106 Å². The fourth-order valence-electron chi connectivity index (χ4n) is 2.30. The van der Waals surface area contributed by atoms with E-state index in [2.05, 4.69) is 18.7 Å². The molecule has 18 heavy (non-hydrogen) atoms. The predicted octanol–water partition coefficient (Wildman–Crippen LogP) is 2.70. The normalized spacial score (nSPS) is 17.5. The molecule has 1 aromatic rings. The molecule has 1 heterocycles. The summed E-state index contributed by atoms with van der Waals surface area (Å²) < 4.78 is 0. The van der Waals surface area contributed by atoms with E-state index >= 15 is 0 Å². The van der Waals surface area contributed by atoms with Gasteiger partial charge in [-0.05, 0) is 24.0 Å². The minimum absolute atomic E-state index is 0.125. The number of hydrogen-bond acceptors (Lipinski definition) is 4. The highest BCUT2D eigenvalue weighted by atomic mass is 16.6. The summed E-state index contributed by atoms with van der Waals surface area (Å²) in [5.41, 5.74) is 1.15. The molecule has 0 amide bonds. The number of rotatable bonds is 2. The van der Waals surface area contributed by atoms with Gasteiger partial charge in [-0.1, -0.05) is 13.8 Å². The largest absolute Gasteiger partial charge is 0.371 e. The SMILES string of the molecule is CC1(C)CCN(c2ccc([N+](=O)[O-])c(C#N)c2)C1. The van der Waals surface area contributed by atoms with Crippen molar-refractivity contribution < 1.29 is 4.92 Å². The Hall–Kier alpha value is -2.09. The molecule has 0 aromatic heterocycles. The van der Waals surface area contributed by atoms with Crippen LogP contribution >= 0.6 is 0 Å². The molecule has 2 rings (SSSR count). The Morgan fingerprint density at radius 3 is 2.72 bits per heavy atom. The van der Waals surface area contributed by atoms with E-state index in [1.165, 1.54) is 6.07 Å². The maximum atomic E-state index is 10.8. The van der Waals surface area contributed by atoms with Gasteiger partial charge in [0.25, 0.3) is 5.69 Å². The minimum atomic E-state index is -0.518. The molecule has 0 atom stereocenters. The van der Waals surface area contributed by atoms with E-state index in [1.807, 2.05) is 6.07 Å². The molecule has 0 bridgehead atoms. The van der Waals surface area contributed by atoms with Gasteiger partial charge in [-0.15, -0.1) is 0 Å². The summed E-state index contributed by atoms with van der Waals surface area (Å²) in [6.07, 6.45) is 1.09. The van der Waals surface area contributed by atoms with Crippen LogP contribution in [0.15, 0.2) is 18.2 Å². The fraction of sp³-hybridized carbons (Fsp3) is 0.462. The Kier molecular flexibility index (Phi) is 2.95. The molecule has 0 saturated carbocycles. The number of nitro benzene ring substituents is 1. The van der Waals surface area contributed by atoms with Gasteiger partial charge in [0.2, 0.25) is 0 Å². The van der Waals surface area contributed by atoms with Gasteiger partial charge in [0.1, 0.15) is 11.6 Å². The number of nitriles is 1. The van der Waals surface area contributed by atoms with Gasteiger partial charge in [-0.2, -0.15) is 5.26 Å². The van der Waals surface area contributed by atoms with Crippen molar-refractivity contribution in [1.82, 2.24) is 0 Å². The van der Waals surface area contributed by atoms with Gasteiger partial charge in [0.15, 0.2) is 0 Å². The lowest BCUT2D eigenvalue weighted by Crippen LogP contribution is -2.22. The zero-order valence-corrected chi connectivity index (χ0v) is 10.5. The molecule has 0 aliphatic carbocycles. The standard InChI is InChI=1S/C13H15N3O2/c1-13(2)5-6-15(9-13)11-3-4-12(16(17)18)10(7-11)8-14/h3-4,7H,5-6,9H2,1-2H3. The van der Waals surface area contributed by atoms with Crippen LogP contribution in [0.3, 0.4) is 0 Å². The minimum Gasteiger partial charge on any atom is -0.371 e. The van der Waals surface area contributed by atoms with Crippen molar-refractivity contribution in [2.75, 3.05) is 18.0 Å². The zero-order valence-electron chi connectivity index (χ0n) is 10.5. The molecule has 0 radical (unpaired) electrons. The van der Waals surface area contributed by atoms with Crippen LogP contribution in [0.5, 0.6) is 0 Å². The second-order valence-corrected chi connectivity index (χ2v) is 5.41. The third-order valence-electron chi connectivity index (χ3n) is 3.34. The van der Waals surface area contributed by atoms with Crippen LogP contribution in [-0.4, -0.2) is 18.0 Å². The van der Waals surface area contributed by atoms with E-state index < -0.39 is 4.92 Å². The van der Waals surface area contributed by atoms with Crippen molar-refractivity contribution in [3.8, 4) is 6.07 Å². The first-order chi connectivity index (χ1) is 8.43. The van der Waals surface area contributed by atoms with E-state index in [-0.39, 0.29) is 16.7 Å². The van der Waals surface area contributed by atoms with Crippen LogP contribution in [0, 0.1) is 26.9 Å². The summed E-state index contributed by atoms with van der Waals surface area (Å²) >= 11 is 0. The Morgan fingerprint density at radius 2 is 2.22 bits per heavy atom. The highest BCUT2D eigenvalue weighted by Gasteiger charge is 2.30. The van der Waals surface area contributed by atoms with Gasteiger partial charge in [-0.25, -0.2) is 0 Å². The molecule has 94 valence electrons. The van der Waals surface area contributed by atoms with Gasteiger partial charge in [0.05, 0.1) is 4.92 Å². The molecule has 0 spiro atoms. The van der Waals surface area contributed by atoms with E-state index in [1.54, 1.807) is 12.1 Å². The molecule has 5 nitrogen and oxygen atoms in total. The fourth-order valence-corrected chi connectivity index (χ4v) is 2.30. The number of nitro groups is 1. The lowest BCUT2D eigenvalue weighted by molar-refractivity contribution is -0.385. The number of nitrogens with zero attached hydrogens (tertiary/aromatic N) is 3. The van der Waals surface area contributed by atoms with E-state index in [9.17, 15) is 10.1 Å². The van der Waals surface area contributed by atoms with Crippen LogP contribution in [0.4, 0.5) is 11.4 Å². The lowest BCUT2D eigenvalue weighted by Gasteiger charge is -2.21. The van der Waals surface area contributed by atoms with Crippen molar-refractivity contribution in [2.45, 2.75) is 20.3 Å². The van der Waals surface area contributed by atoms with Crippen LogP contribution in [0.25, 0.3) is 0 Å². The van der Waals surface area contributed by atoms with Gasteiger partial charge in [-0.3, -0.25) is 10.1 Å². The molecule has 0 unspecified atom stereocenters. The molecule has 1 aliphatic rings. The number of benzene rings is 1. The molecule has 0 N–H and O–H groups in total. The molecule has 1 fully saturated rings. The van der Waals surface area contributed by atoms with E-state index in [0.29, 0.717) is 0 Å². The van der Waals surface area contributed by atoms with Crippen molar-refractivity contribution in [1.29, 1.82) is 5.26 Å². The summed E-state index contributed by atoms with van der Waals surface area (Å²) in [4.78, 5) is 12.4. The topological polar surface area (TPSA) is 70.2 Å². The van der Waals surface area contributed by atoms with Crippen LogP contribution in [0.2, 0.25) is 0 Å². The zero-order chi connectivity index (χ0) is 13.3. The van der Waals surface area contributed by atoms with Crippen molar-refractivity contribution in [2.24, 2.45) is 5.41 Å². The third-order valence-corrected chi connectivity index (χ3v) is 3.34. The smallest absolute Gasteiger partial charge is 0.287 e. The average Bonchev–Trinajstić information content (AvgIpc) is 2.68. The van der Waals surface area contributed by atoms with Crippen molar-refractivity contribution in [3.05, 3.63) is 33.9 Å². The Morgan fingerprint density at radius 1 is 1.50 bits per heavy atom. The highest BCUT2D eigenvalue weighted by Crippen LogP contribution is 2.34. The van der Waals surface area contributed by atoms with Gasteiger partial charge >= 0.3 is 0 Å². The van der Waals surface area contributed by atoms with Crippen LogP contribution < -0.4 is 4.90 Å². The van der Waals surface area contributed by atoms with Crippen molar-refractivity contribution in [3.63, 3.8) is 0 Å². The first kappa shape index (κ1) is 12.4. The third kappa shape index (κ3) is 2.28. The summed E-state index contributed by atoms with van der Waals surface area (Å²) in [5.74, 6) is 0. The molecular formula is C13H15N3O2. The lowest BCUT2D eigenvalue weighted by atomic mass is 9.93. The predicted molar refractivity (Wildman–Crippen MR) is 68.4 cm³/mol. The van der Waals surface area contributed by atoms with E-state index in [0.717, 1.165) is 25.2 Å². The highest BCUT2D eigenvalue weighted by molar-refractivity contribution is 5.60. The van der Waals surface area contributed by atoms with Crippen LogP contribution in [0.1, 0.15) is 25.8 Å². The number of anilines is 1. The maximum absolute atomic E-state index is 10.8. The summed E-state index contributed by atoms with van der Waals surface area (Å²) in [6.45, 7) is 6.23. The second-order valence-electron chi connectivity index (χ2n) is 5.41. The molecular weight excluding hydrogens is 230 g/mol. The van der Waals surface area contributed by atoms with Crippen molar-refractivity contribution >= 4 is 11.4 Å². The first-order valence-electron chi connectivity index (χ1n) is 5.86. The Balaban J connectivity index is 2.32. The van der Waals surface area contributed by atoms with Crippen LogP contribution in [-0.2, 0) is 0 Å². The molecule has 1 aromatic carbocycles. The monoisotopic (exact) mass is 245 g/mol. The first-order valence-corrected chi connectivity index (χ1v) is 5.86. The summed E-state index contributed by atoms with van der Waals surface area (Å²) in [6, 6.07) is 6.64. The average molecular weight is 245 g/mol. The molecule has 1 saturated heterocycles. The van der Waals surface area contributed by atoms with E-state index in [4.69, 9.17) is 5.26 Å². The quantitative estimate of drug-likeness (QED) is 0.593. The molecule has 5 heteroatoms. The van der Waals surface area contributed by atoms with Gasteiger partial charge < -0.3 is 4.90 Å². The number of hydrogen-bond donors (Lipinski definition) is 0. The second kappa shape index (κ2) is 4.30.